The van der Waals surface area contributed by atoms with Gasteiger partial charge < -0.3 is 5.32 Å². The molecule has 0 aliphatic carbocycles. The second-order valence-electron chi connectivity index (χ2n) is 6.05. The van der Waals surface area contributed by atoms with Gasteiger partial charge in [0, 0.05) is 25.2 Å². The molecule has 2 heterocycles. The first kappa shape index (κ1) is 15.8. The van der Waals surface area contributed by atoms with Gasteiger partial charge in [0.05, 0.1) is 4.90 Å². The highest BCUT2D eigenvalue weighted by molar-refractivity contribution is 7.89. The van der Waals surface area contributed by atoms with E-state index in [0.29, 0.717) is 31.1 Å². The van der Waals surface area contributed by atoms with Crippen molar-refractivity contribution in [2.24, 2.45) is 5.92 Å². The number of piperidine rings is 1. The van der Waals surface area contributed by atoms with E-state index >= 15 is 0 Å². The highest BCUT2D eigenvalue weighted by Gasteiger charge is 2.33. The molecular weight excluding hydrogens is 310 g/mol. The van der Waals surface area contributed by atoms with E-state index in [-0.39, 0.29) is 4.90 Å². The van der Waals surface area contributed by atoms with E-state index < -0.39 is 21.7 Å². The minimum Gasteiger partial charge on any atom is -0.314 e. The third-order valence-electron chi connectivity index (χ3n) is 4.64. The van der Waals surface area contributed by atoms with E-state index in [0.717, 1.165) is 37.9 Å². The number of hydrogen-bond acceptors (Lipinski definition) is 3. The van der Waals surface area contributed by atoms with Crippen LogP contribution in [-0.2, 0) is 10.0 Å². The first-order chi connectivity index (χ1) is 10.5. The molecule has 0 aromatic heterocycles. The number of nitrogens with zero attached hydrogens (tertiary/aromatic N) is 1. The lowest BCUT2D eigenvalue weighted by atomic mass is 9.89. The second kappa shape index (κ2) is 6.22. The van der Waals surface area contributed by atoms with Crippen LogP contribution in [0, 0.1) is 17.6 Å². The van der Waals surface area contributed by atoms with Crippen LogP contribution in [0.4, 0.5) is 8.78 Å². The summed E-state index contributed by atoms with van der Waals surface area (Å²) in [5, 5.41) is 3.46. The van der Waals surface area contributed by atoms with Gasteiger partial charge in [-0.25, -0.2) is 17.2 Å². The summed E-state index contributed by atoms with van der Waals surface area (Å²) in [7, 11) is -3.82. The highest BCUT2D eigenvalue weighted by atomic mass is 32.2. The molecule has 2 aliphatic heterocycles. The van der Waals surface area contributed by atoms with Gasteiger partial charge in [-0.3, -0.25) is 0 Å². The van der Waals surface area contributed by atoms with Crippen molar-refractivity contribution in [2.45, 2.75) is 36.6 Å². The van der Waals surface area contributed by atoms with Gasteiger partial charge >= 0.3 is 0 Å². The Hall–Kier alpha value is -1.05. The smallest absolute Gasteiger partial charge is 0.243 e. The molecule has 0 saturated carbocycles. The van der Waals surface area contributed by atoms with E-state index in [4.69, 9.17) is 0 Å². The quantitative estimate of drug-likeness (QED) is 0.923. The predicted octanol–water partition coefficient (Wildman–Crippen LogP) is 2.12. The molecule has 2 saturated heterocycles. The SMILES string of the molecule is O=S(=O)(c1cc(F)cc(F)c1)N1CCC(C2CCCN2)CC1. The van der Waals surface area contributed by atoms with E-state index in [1.54, 1.807) is 0 Å². The number of nitrogens with one attached hydrogen (secondary N) is 1. The molecule has 1 N–H and O–H groups in total. The van der Waals surface area contributed by atoms with Crippen molar-refractivity contribution in [2.75, 3.05) is 19.6 Å². The molecule has 2 fully saturated rings. The Kier molecular flexibility index (Phi) is 4.47. The highest BCUT2D eigenvalue weighted by Crippen LogP contribution is 2.29. The first-order valence-electron chi connectivity index (χ1n) is 7.66. The van der Waals surface area contributed by atoms with Crippen molar-refractivity contribution in [1.82, 2.24) is 9.62 Å². The van der Waals surface area contributed by atoms with Gasteiger partial charge in [0.1, 0.15) is 11.6 Å². The number of sulfonamides is 1. The number of halogens is 2. The van der Waals surface area contributed by atoms with E-state index in [1.807, 2.05) is 0 Å². The Morgan fingerprint density at radius 3 is 2.23 bits per heavy atom. The molecule has 0 radical (unpaired) electrons. The summed E-state index contributed by atoms with van der Waals surface area (Å²) < 4.78 is 52.9. The lowest BCUT2D eigenvalue weighted by Crippen LogP contribution is -2.43. The summed E-state index contributed by atoms with van der Waals surface area (Å²) in [5.41, 5.74) is 0. The van der Waals surface area contributed by atoms with Gasteiger partial charge in [-0.15, -0.1) is 0 Å². The summed E-state index contributed by atoms with van der Waals surface area (Å²) in [6.45, 7) is 1.85. The molecule has 122 valence electrons. The molecule has 0 bridgehead atoms. The van der Waals surface area contributed by atoms with Crippen molar-refractivity contribution in [3.63, 3.8) is 0 Å². The van der Waals surface area contributed by atoms with Crippen molar-refractivity contribution in [1.29, 1.82) is 0 Å². The Morgan fingerprint density at radius 1 is 1.05 bits per heavy atom. The molecule has 22 heavy (non-hydrogen) atoms. The van der Waals surface area contributed by atoms with E-state index in [1.165, 1.54) is 10.7 Å². The Morgan fingerprint density at radius 2 is 1.68 bits per heavy atom. The molecule has 2 aliphatic rings. The fourth-order valence-corrected chi connectivity index (χ4v) is 4.97. The van der Waals surface area contributed by atoms with Crippen LogP contribution < -0.4 is 5.32 Å². The first-order valence-corrected chi connectivity index (χ1v) is 9.10. The lowest BCUT2D eigenvalue weighted by molar-refractivity contribution is 0.234. The average Bonchev–Trinajstić information content (AvgIpc) is 3.00. The van der Waals surface area contributed by atoms with Crippen molar-refractivity contribution < 1.29 is 17.2 Å². The summed E-state index contributed by atoms with van der Waals surface area (Å²) in [5.74, 6) is -1.26. The van der Waals surface area contributed by atoms with E-state index in [9.17, 15) is 17.2 Å². The van der Waals surface area contributed by atoms with Gasteiger partial charge in [0.15, 0.2) is 0 Å². The van der Waals surface area contributed by atoms with Gasteiger partial charge in [0.2, 0.25) is 10.0 Å². The molecule has 1 unspecified atom stereocenters. The van der Waals surface area contributed by atoms with Crippen LogP contribution in [0.1, 0.15) is 25.7 Å². The summed E-state index contributed by atoms with van der Waals surface area (Å²) in [6, 6.07) is 2.92. The normalized spacial score (nSPS) is 24.7. The lowest BCUT2D eigenvalue weighted by Gasteiger charge is -2.34. The summed E-state index contributed by atoms with van der Waals surface area (Å²) >= 11 is 0. The molecule has 3 rings (SSSR count). The largest absolute Gasteiger partial charge is 0.314 e. The van der Waals surface area contributed by atoms with Crippen LogP contribution in [0.2, 0.25) is 0 Å². The fourth-order valence-electron chi connectivity index (χ4n) is 3.46. The van der Waals surface area contributed by atoms with E-state index in [2.05, 4.69) is 5.32 Å². The third kappa shape index (κ3) is 3.16. The number of benzene rings is 1. The predicted molar refractivity (Wildman–Crippen MR) is 78.9 cm³/mol. The van der Waals surface area contributed by atoms with Gasteiger partial charge in [-0.1, -0.05) is 0 Å². The zero-order valence-electron chi connectivity index (χ0n) is 12.3. The molecule has 4 nitrogen and oxygen atoms in total. The minimum absolute atomic E-state index is 0.303. The molecule has 0 amide bonds. The standard InChI is InChI=1S/C15H20F2N2O2S/c16-12-8-13(17)10-14(9-12)22(20,21)19-6-3-11(4-7-19)15-2-1-5-18-15/h8-11,15,18H,1-7H2. The van der Waals surface area contributed by atoms with Crippen molar-refractivity contribution in [3.8, 4) is 0 Å². The Balaban J connectivity index is 1.71. The topological polar surface area (TPSA) is 49.4 Å². The van der Waals surface area contributed by atoms with Crippen LogP contribution in [0.25, 0.3) is 0 Å². The molecule has 1 aromatic rings. The van der Waals surface area contributed by atoms with Crippen LogP contribution in [0.3, 0.4) is 0 Å². The maximum atomic E-state index is 13.3. The average molecular weight is 330 g/mol. The van der Waals surface area contributed by atoms with Gasteiger partial charge in [-0.05, 0) is 50.3 Å². The van der Waals surface area contributed by atoms with Crippen LogP contribution in [-0.4, -0.2) is 38.4 Å². The Bertz CT molecular complexity index is 617. The zero-order valence-corrected chi connectivity index (χ0v) is 13.1. The monoisotopic (exact) mass is 330 g/mol. The van der Waals surface area contributed by atoms with Crippen LogP contribution in [0.5, 0.6) is 0 Å². The summed E-state index contributed by atoms with van der Waals surface area (Å²) in [4.78, 5) is -0.303. The molecule has 1 aromatic carbocycles. The molecule has 1 atom stereocenters. The molecule has 0 spiro atoms. The van der Waals surface area contributed by atoms with Crippen LogP contribution in [0.15, 0.2) is 23.1 Å². The number of rotatable bonds is 3. The van der Waals surface area contributed by atoms with Gasteiger partial charge in [0.25, 0.3) is 0 Å². The summed E-state index contributed by atoms with van der Waals surface area (Å²) in [6.07, 6.45) is 3.89. The van der Waals surface area contributed by atoms with Crippen LogP contribution >= 0.6 is 0 Å². The van der Waals surface area contributed by atoms with Gasteiger partial charge in [-0.2, -0.15) is 4.31 Å². The second-order valence-corrected chi connectivity index (χ2v) is 7.99. The maximum absolute atomic E-state index is 13.3. The van der Waals surface area contributed by atoms with Crippen molar-refractivity contribution >= 4 is 10.0 Å². The molecule has 7 heteroatoms. The third-order valence-corrected chi connectivity index (χ3v) is 6.52. The molecular formula is C15H20F2N2O2S. The minimum atomic E-state index is -3.82. The fraction of sp³-hybridized carbons (Fsp3) is 0.600. The zero-order chi connectivity index (χ0) is 15.7. The maximum Gasteiger partial charge on any atom is 0.243 e. The number of hydrogen-bond donors (Lipinski definition) is 1. The van der Waals surface area contributed by atoms with Crippen molar-refractivity contribution in [3.05, 3.63) is 29.8 Å². The Labute approximate surface area is 129 Å².